The fourth-order valence-electron chi connectivity index (χ4n) is 2.98. The Hall–Kier alpha value is -3.32. The molecule has 1 aromatic carbocycles. The summed E-state index contributed by atoms with van der Waals surface area (Å²) in [4.78, 5) is 41.6. The van der Waals surface area contributed by atoms with Crippen LogP contribution in [0.1, 0.15) is 50.9 Å². The number of ketones is 3. The van der Waals surface area contributed by atoms with Crippen molar-refractivity contribution in [2.75, 3.05) is 0 Å². The molecule has 0 N–H and O–H groups in total. The molecule has 1 aliphatic rings. The molecule has 0 unspecified atom stereocenters. The third-order valence-electron chi connectivity index (χ3n) is 4.67. The van der Waals surface area contributed by atoms with Crippen molar-refractivity contribution in [2.45, 2.75) is 20.5 Å². The molecule has 4 rings (SSSR count). The lowest BCUT2D eigenvalue weighted by Crippen LogP contribution is -2.23. The lowest BCUT2D eigenvalue weighted by Gasteiger charge is -2.12. The van der Waals surface area contributed by atoms with Crippen LogP contribution in [0.2, 0.25) is 0 Å². The van der Waals surface area contributed by atoms with Crippen molar-refractivity contribution >= 4 is 34.3 Å². The number of aromatic nitrogens is 1. The molecule has 140 valence electrons. The summed E-state index contributed by atoms with van der Waals surface area (Å²) in [5.74, 6) is -0.814. The van der Waals surface area contributed by atoms with Gasteiger partial charge in [0.05, 0.1) is 11.1 Å². The predicted octanol–water partition coefficient (Wildman–Crippen LogP) is 4.10. The van der Waals surface area contributed by atoms with E-state index >= 15 is 0 Å². The first-order valence-electron chi connectivity index (χ1n) is 8.51. The Kier molecular flexibility index (Phi) is 4.52. The summed E-state index contributed by atoms with van der Waals surface area (Å²) in [6.07, 6.45) is 2.95. The molecule has 0 saturated heterocycles. The molecule has 0 radical (unpaired) electrons. The quantitative estimate of drug-likeness (QED) is 0.479. The van der Waals surface area contributed by atoms with Gasteiger partial charge in [-0.3, -0.25) is 14.4 Å². The molecule has 0 spiro atoms. The van der Waals surface area contributed by atoms with Gasteiger partial charge in [-0.15, -0.1) is 11.3 Å². The highest BCUT2D eigenvalue weighted by Gasteiger charge is 2.35. The summed E-state index contributed by atoms with van der Waals surface area (Å²) in [5.41, 5.74) is 1.42. The van der Waals surface area contributed by atoms with E-state index in [2.05, 4.69) is 4.98 Å². The number of ether oxygens (including phenoxy) is 1. The van der Waals surface area contributed by atoms with Crippen LogP contribution in [0.25, 0.3) is 5.57 Å². The van der Waals surface area contributed by atoms with Crippen LogP contribution in [-0.2, 0) is 11.4 Å². The van der Waals surface area contributed by atoms with E-state index in [0.29, 0.717) is 29.1 Å². The molecule has 0 bridgehead atoms. The number of hydrogen-bond donors (Lipinski definition) is 0. The zero-order valence-corrected chi connectivity index (χ0v) is 16.0. The van der Waals surface area contributed by atoms with E-state index in [9.17, 15) is 14.4 Å². The summed E-state index contributed by atoms with van der Waals surface area (Å²) in [6, 6.07) is 6.58. The average Bonchev–Trinajstić information content (AvgIpc) is 3.39. The lowest BCUT2D eigenvalue weighted by atomic mass is 9.87. The minimum atomic E-state index is -0.710. The molecular weight excluding hydrogens is 378 g/mol. The van der Waals surface area contributed by atoms with Gasteiger partial charge in [0, 0.05) is 22.7 Å². The minimum Gasteiger partial charge on any atom is -0.486 e. The first-order chi connectivity index (χ1) is 13.5. The number of nitrogens with zero attached hydrogens (tertiary/aromatic N) is 1. The summed E-state index contributed by atoms with van der Waals surface area (Å²) < 4.78 is 11.1. The average molecular weight is 393 g/mol. The van der Waals surface area contributed by atoms with Crippen LogP contribution in [0.5, 0.6) is 5.75 Å². The number of hydrogen-bond acceptors (Lipinski definition) is 7. The van der Waals surface area contributed by atoms with Crippen molar-refractivity contribution in [3.05, 3.63) is 75.1 Å². The molecule has 0 amide bonds. The Morgan fingerprint density at radius 3 is 2.54 bits per heavy atom. The number of Topliss-reactive ketones (excluding diaryl/α,β-unsaturated/α-hetero) is 2. The minimum absolute atomic E-state index is 0.0437. The molecule has 28 heavy (non-hydrogen) atoms. The molecule has 1 aliphatic carbocycles. The fourth-order valence-corrected chi connectivity index (χ4v) is 3.51. The van der Waals surface area contributed by atoms with Gasteiger partial charge in [-0.05, 0) is 43.7 Å². The van der Waals surface area contributed by atoms with E-state index in [0.717, 1.165) is 5.01 Å². The number of furan rings is 1. The number of thiazole rings is 1. The molecule has 6 nitrogen and oxygen atoms in total. The molecule has 2 aromatic heterocycles. The van der Waals surface area contributed by atoms with Gasteiger partial charge in [-0.25, -0.2) is 4.98 Å². The maximum Gasteiger partial charge on any atom is 0.237 e. The lowest BCUT2D eigenvalue weighted by molar-refractivity contribution is -0.111. The number of rotatable bonds is 5. The first-order valence-corrected chi connectivity index (χ1v) is 9.39. The van der Waals surface area contributed by atoms with Gasteiger partial charge >= 0.3 is 0 Å². The van der Waals surface area contributed by atoms with E-state index in [-0.39, 0.29) is 22.7 Å². The molecule has 0 saturated carbocycles. The third-order valence-corrected chi connectivity index (χ3v) is 5.43. The second-order valence-corrected chi connectivity index (χ2v) is 7.31. The molecule has 0 fully saturated rings. The van der Waals surface area contributed by atoms with Crippen LogP contribution in [0.3, 0.4) is 0 Å². The van der Waals surface area contributed by atoms with Gasteiger partial charge in [0.2, 0.25) is 11.6 Å². The number of carbonyl (C=O) groups is 3. The summed E-state index contributed by atoms with van der Waals surface area (Å²) in [5, 5.41) is 2.73. The largest absolute Gasteiger partial charge is 0.486 e. The van der Waals surface area contributed by atoms with Crippen molar-refractivity contribution in [1.29, 1.82) is 0 Å². The number of carbonyl (C=O) groups excluding carboxylic acids is 3. The van der Waals surface area contributed by atoms with Gasteiger partial charge in [0.1, 0.15) is 29.4 Å². The van der Waals surface area contributed by atoms with Gasteiger partial charge in [0.15, 0.2) is 5.78 Å². The number of fused-ring (bicyclic) bond motifs is 1. The van der Waals surface area contributed by atoms with E-state index < -0.39 is 11.6 Å². The van der Waals surface area contributed by atoms with Crippen LogP contribution >= 0.6 is 11.3 Å². The van der Waals surface area contributed by atoms with E-state index in [1.165, 1.54) is 17.6 Å². The Bertz CT molecular complexity index is 1120. The van der Waals surface area contributed by atoms with E-state index in [4.69, 9.17) is 9.15 Å². The normalized spacial score (nSPS) is 13.6. The van der Waals surface area contributed by atoms with E-state index in [1.807, 2.05) is 5.38 Å². The highest BCUT2D eigenvalue weighted by Crippen LogP contribution is 2.33. The van der Waals surface area contributed by atoms with Crippen molar-refractivity contribution in [1.82, 2.24) is 4.98 Å². The highest BCUT2D eigenvalue weighted by atomic mass is 32.1. The Morgan fingerprint density at radius 1 is 1.11 bits per heavy atom. The monoisotopic (exact) mass is 393 g/mol. The number of benzene rings is 1. The summed E-state index contributed by atoms with van der Waals surface area (Å²) in [6.45, 7) is 3.62. The predicted molar refractivity (Wildman–Crippen MR) is 103 cm³/mol. The summed E-state index contributed by atoms with van der Waals surface area (Å²) >= 11 is 1.50. The van der Waals surface area contributed by atoms with Gasteiger partial charge in [0.25, 0.3) is 0 Å². The molecule has 0 atom stereocenters. The smallest absolute Gasteiger partial charge is 0.237 e. The Balaban J connectivity index is 1.58. The topological polar surface area (TPSA) is 86.5 Å². The molecule has 2 heterocycles. The third kappa shape index (κ3) is 2.99. The van der Waals surface area contributed by atoms with E-state index in [1.54, 1.807) is 44.3 Å². The first kappa shape index (κ1) is 18.1. The van der Waals surface area contributed by atoms with Crippen molar-refractivity contribution in [3.8, 4) is 5.75 Å². The highest BCUT2D eigenvalue weighted by molar-refractivity contribution is 7.09. The van der Waals surface area contributed by atoms with Gasteiger partial charge in [-0.1, -0.05) is 0 Å². The zero-order chi connectivity index (χ0) is 19.8. The second kappa shape index (κ2) is 7.01. The second-order valence-electron chi connectivity index (χ2n) is 6.33. The van der Waals surface area contributed by atoms with Crippen molar-refractivity contribution < 1.29 is 23.5 Å². The fraction of sp³-hybridized carbons (Fsp3) is 0.143. The van der Waals surface area contributed by atoms with Crippen LogP contribution in [0.4, 0.5) is 0 Å². The zero-order valence-electron chi connectivity index (χ0n) is 15.1. The number of allylic oxidation sites excluding steroid dienone is 2. The summed E-state index contributed by atoms with van der Waals surface area (Å²) in [7, 11) is 0. The maximum absolute atomic E-state index is 12.9. The van der Waals surface area contributed by atoms with Crippen LogP contribution in [-0.4, -0.2) is 22.3 Å². The van der Waals surface area contributed by atoms with Gasteiger partial charge in [-0.2, -0.15) is 0 Å². The van der Waals surface area contributed by atoms with Crippen molar-refractivity contribution in [2.24, 2.45) is 0 Å². The Labute approximate surface area is 164 Å². The van der Waals surface area contributed by atoms with Crippen LogP contribution in [0, 0.1) is 0 Å². The van der Waals surface area contributed by atoms with Crippen LogP contribution < -0.4 is 4.74 Å². The molecule has 7 heteroatoms. The standard InChI is InChI=1S/C21H15NO5S/c1-11-12(2)21-17(20(25)18(11)23)15(9-27-21)19(24)13-3-5-14(6-4-13)26-10-16-22-7-8-28-16/h3-9H,10H2,1-2H3. The van der Waals surface area contributed by atoms with Gasteiger partial charge < -0.3 is 9.15 Å². The molecular formula is C21H15NO5S. The van der Waals surface area contributed by atoms with Crippen molar-refractivity contribution in [3.63, 3.8) is 0 Å². The molecule has 3 aromatic rings. The SMILES string of the molecule is CC1=C(C)c2occ(C(=O)c3ccc(OCc4nccs4)cc3)c2C(=O)C1=O. The van der Waals surface area contributed by atoms with Crippen LogP contribution in [0.15, 0.2) is 52.1 Å². The Morgan fingerprint density at radius 2 is 1.86 bits per heavy atom. The molecule has 0 aliphatic heterocycles. The maximum atomic E-state index is 12.9.